The number of unbranched alkanes of at least 4 members (excludes halogenated alkanes) is 7. The van der Waals surface area contributed by atoms with Gasteiger partial charge in [-0.25, -0.2) is 4.79 Å². The topological polar surface area (TPSA) is 44.8 Å². The maximum absolute atomic E-state index is 10.8. The van der Waals surface area contributed by atoms with Crippen molar-refractivity contribution in [2.45, 2.75) is 81.8 Å². The lowest BCUT2D eigenvalue weighted by atomic mass is 10.1. The average Bonchev–Trinajstić information content (AvgIpc) is 2.92. The van der Waals surface area contributed by atoms with Crippen LogP contribution in [0.5, 0.6) is 0 Å². The highest BCUT2D eigenvalue weighted by atomic mass is 35.5. The fourth-order valence-electron chi connectivity index (χ4n) is 2.36. The minimum atomic E-state index is -0.652. The van der Waals surface area contributed by atoms with Crippen LogP contribution in [0.3, 0.4) is 0 Å². The van der Waals surface area contributed by atoms with Crippen LogP contribution in [-0.2, 0) is 14.2 Å². The maximum atomic E-state index is 10.8. The number of carbonyl (C=O) groups excluding carboxylic acids is 1. The fraction of sp³-hybridized carbons (Fsp3) is 0.938. The van der Waals surface area contributed by atoms with Crippen LogP contribution < -0.4 is 0 Å². The predicted molar refractivity (Wildman–Crippen MR) is 88.7 cm³/mol. The Labute approximate surface area is 143 Å². The molecular formula is C16H28Cl2O4. The van der Waals surface area contributed by atoms with Crippen LogP contribution >= 0.6 is 23.2 Å². The normalized spacial score (nSPS) is 20.5. The molecule has 0 aliphatic carbocycles. The zero-order valence-corrected chi connectivity index (χ0v) is 14.9. The molecule has 0 amide bonds. The summed E-state index contributed by atoms with van der Waals surface area (Å²) in [7, 11) is 0. The molecule has 0 bridgehead atoms. The van der Waals surface area contributed by atoms with Gasteiger partial charge in [0.1, 0.15) is 12.2 Å². The molecule has 1 aliphatic heterocycles. The van der Waals surface area contributed by atoms with Crippen molar-refractivity contribution in [1.82, 2.24) is 0 Å². The first kappa shape index (κ1) is 19.9. The Morgan fingerprint density at radius 2 is 1.77 bits per heavy atom. The third-order valence-corrected chi connectivity index (χ3v) is 4.72. The Morgan fingerprint density at radius 3 is 2.36 bits per heavy atom. The van der Waals surface area contributed by atoms with E-state index in [0.717, 1.165) is 12.8 Å². The van der Waals surface area contributed by atoms with Gasteiger partial charge < -0.3 is 14.2 Å². The summed E-state index contributed by atoms with van der Waals surface area (Å²) in [4.78, 5) is 10.8. The van der Waals surface area contributed by atoms with Crippen LogP contribution in [0.15, 0.2) is 0 Å². The van der Waals surface area contributed by atoms with E-state index in [9.17, 15) is 4.79 Å². The molecule has 0 saturated carbocycles. The quantitative estimate of drug-likeness (QED) is 0.257. The second-order valence-electron chi connectivity index (χ2n) is 5.76. The molecule has 1 heterocycles. The monoisotopic (exact) mass is 354 g/mol. The molecule has 1 saturated heterocycles. The minimum absolute atomic E-state index is 0.216. The lowest BCUT2D eigenvalue weighted by Crippen LogP contribution is -2.25. The Bertz CT molecular complexity index is 302. The minimum Gasteiger partial charge on any atom is -0.430 e. The zero-order chi connectivity index (χ0) is 16.2. The molecule has 6 heteroatoms. The Kier molecular flexibility index (Phi) is 11.1. The van der Waals surface area contributed by atoms with Crippen LogP contribution in [0.1, 0.15) is 64.7 Å². The molecule has 0 aromatic carbocycles. The van der Waals surface area contributed by atoms with Crippen molar-refractivity contribution >= 4 is 29.4 Å². The second-order valence-corrected chi connectivity index (χ2v) is 6.76. The van der Waals surface area contributed by atoms with E-state index in [2.05, 4.69) is 11.7 Å². The van der Waals surface area contributed by atoms with E-state index < -0.39 is 11.7 Å². The first-order valence-electron chi connectivity index (χ1n) is 8.36. The SMILES string of the molecule is CCCCCCCCCCC(Cl)C(Cl)OCC1COC(=O)O1. The van der Waals surface area contributed by atoms with Gasteiger partial charge in [0.15, 0.2) is 6.10 Å². The van der Waals surface area contributed by atoms with Crippen molar-refractivity contribution in [2.24, 2.45) is 0 Å². The summed E-state index contributed by atoms with van der Waals surface area (Å²) in [6.07, 6.45) is 9.95. The Balaban J connectivity index is 1.94. The number of alkyl halides is 2. The number of carbonyl (C=O) groups is 1. The number of hydrogen-bond donors (Lipinski definition) is 0. The van der Waals surface area contributed by atoms with E-state index >= 15 is 0 Å². The van der Waals surface area contributed by atoms with Crippen LogP contribution in [0, 0.1) is 0 Å². The summed E-state index contributed by atoms with van der Waals surface area (Å²) in [6.45, 7) is 2.67. The highest BCUT2D eigenvalue weighted by molar-refractivity contribution is 6.29. The van der Waals surface area contributed by atoms with E-state index in [1.165, 1.54) is 44.9 Å². The van der Waals surface area contributed by atoms with Crippen LogP contribution in [0.2, 0.25) is 0 Å². The van der Waals surface area contributed by atoms with Crippen molar-refractivity contribution in [3.05, 3.63) is 0 Å². The van der Waals surface area contributed by atoms with Gasteiger partial charge in [0, 0.05) is 0 Å². The molecule has 0 spiro atoms. The van der Waals surface area contributed by atoms with Crippen molar-refractivity contribution in [3.8, 4) is 0 Å². The second kappa shape index (κ2) is 12.3. The van der Waals surface area contributed by atoms with E-state index in [-0.39, 0.29) is 24.7 Å². The van der Waals surface area contributed by atoms with Gasteiger partial charge in [0.05, 0.1) is 12.0 Å². The molecule has 1 fully saturated rings. The largest absolute Gasteiger partial charge is 0.508 e. The molecule has 0 aromatic rings. The van der Waals surface area contributed by atoms with E-state index in [4.69, 9.17) is 32.7 Å². The number of halogens is 2. The lowest BCUT2D eigenvalue weighted by Gasteiger charge is -2.18. The number of hydrogen-bond acceptors (Lipinski definition) is 4. The summed E-state index contributed by atoms with van der Waals surface area (Å²) >= 11 is 12.3. The first-order valence-corrected chi connectivity index (χ1v) is 9.24. The van der Waals surface area contributed by atoms with Crippen molar-refractivity contribution in [1.29, 1.82) is 0 Å². The summed E-state index contributed by atoms with van der Waals surface area (Å²) < 4.78 is 15.0. The molecule has 130 valence electrons. The van der Waals surface area contributed by atoms with Gasteiger partial charge in [0.25, 0.3) is 0 Å². The van der Waals surface area contributed by atoms with E-state index in [1.54, 1.807) is 0 Å². The molecule has 1 rings (SSSR count). The van der Waals surface area contributed by atoms with Crippen LogP contribution in [0.4, 0.5) is 4.79 Å². The number of cyclic esters (lactones) is 2. The molecule has 0 aromatic heterocycles. The maximum Gasteiger partial charge on any atom is 0.508 e. The van der Waals surface area contributed by atoms with Gasteiger partial charge in [-0.2, -0.15) is 0 Å². The molecule has 0 N–H and O–H groups in total. The van der Waals surface area contributed by atoms with Gasteiger partial charge in [0.2, 0.25) is 0 Å². The highest BCUT2D eigenvalue weighted by Crippen LogP contribution is 2.20. The molecule has 1 aliphatic rings. The molecule has 4 nitrogen and oxygen atoms in total. The fourth-order valence-corrected chi connectivity index (χ4v) is 2.78. The smallest absolute Gasteiger partial charge is 0.430 e. The molecule has 3 atom stereocenters. The number of ether oxygens (including phenoxy) is 3. The van der Waals surface area contributed by atoms with Gasteiger partial charge in [-0.3, -0.25) is 0 Å². The standard InChI is InChI=1S/C16H28Cl2O4/c1-2-3-4-5-6-7-8-9-10-14(17)15(18)20-11-13-12-21-16(19)22-13/h13-15H,2-12H2,1H3. The van der Waals surface area contributed by atoms with Gasteiger partial charge in [-0.1, -0.05) is 69.9 Å². The molecule has 0 radical (unpaired) electrons. The third-order valence-electron chi connectivity index (χ3n) is 3.71. The third kappa shape index (κ3) is 9.06. The van der Waals surface area contributed by atoms with E-state index in [0.29, 0.717) is 0 Å². The summed E-state index contributed by atoms with van der Waals surface area (Å²) in [5.41, 5.74) is -0.564. The van der Waals surface area contributed by atoms with Crippen molar-refractivity contribution < 1.29 is 19.0 Å². The first-order chi connectivity index (χ1) is 10.6. The van der Waals surface area contributed by atoms with Crippen molar-refractivity contribution in [3.63, 3.8) is 0 Å². The summed E-state index contributed by atoms with van der Waals surface area (Å²) in [5, 5.41) is -0.222. The zero-order valence-electron chi connectivity index (χ0n) is 13.4. The predicted octanol–water partition coefficient (Wildman–Crippen LogP) is 5.24. The van der Waals surface area contributed by atoms with Crippen molar-refractivity contribution in [2.75, 3.05) is 13.2 Å². The highest BCUT2D eigenvalue weighted by Gasteiger charge is 2.27. The lowest BCUT2D eigenvalue weighted by molar-refractivity contribution is 0.0297. The van der Waals surface area contributed by atoms with Gasteiger partial charge in [-0.05, 0) is 6.42 Å². The summed E-state index contributed by atoms with van der Waals surface area (Å²) in [6, 6.07) is 0. The Morgan fingerprint density at radius 1 is 1.14 bits per heavy atom. The van der Waals surface area contributed by atoms with E-state index in [1.807, 2.05) is 0 Å². The average molecular weight is 355 g/mol. The van der Waals surface area contributed by atoms with Gasteiger partial charge in [-0.15, -0.1) is 11.6 Å². The summed E-state index contributed by atoms with van der Waals surface area (Å²) in [5.74, 6) is 0. The van der Waals surface area contributed by atoms with Crippen LogP contribution in [0.25, 0.3) is 0 Å². The molecular weight excluding hydrogens is 327 g/mol. The Hall–Kier alpha value is -0.190. The molecule has 3 unspecified atom stereocenters. The molecule has 22 heavy (non-hydrogen) atoms. The number of rotatable bonds is 13. The van der Waals surface area contributed by atoms with Gasteiger partial charge >= 0.3 is 6.16 Å². The van der Waals surface area contributed by atoms with Crippen LogP contribution in [-0.4, -0.2) is 36.4 Å².